The molecule has 1 aromatic rings. The van der Waals surface area contributed by atoms with Crippen molar-refractivity contribution in [3.63, 3.8) is 0 Å². The number of hydrogen-bond donors (Lipinski definition) is 2. The Labute approximate surface area is 141 Å². The minimum Gasteiger partial charge on any atom is -0.474 e. The first kappa shape index (κ1) is 19.1. The molecule has 3 nitrogen and oxygen atoms in total. The molecule has 0 amide bonds. The summed E-state index contributed by atoms with van der Waals surface area (Å²) in [6.07, 6.45) is 0.920. The third-order valence-electron chi connectivity index (χ3n) is 2.86. The van der Waals surface area contributed by atoms with Crippen LogP contribution in [0.1, 0.15) is 53.5 Å². The molecule has 3 heteroatoms. The van der Waals surface area contributed by atoms with Crippen molar-refractivity contribution in [3.05, 3.63) is 48.5 Å². The monoisotopic (exact) mass is 316 g/mol. The zero-order valence-corrected chi connectivity index (χ0v) is 15.8. The summed E-state index contributed by atoms with van der Waals surface area (Å²) >= 11 is 0. The third kappa shape index (κ3) is 8.34. The summed E-state index contributed by atoms with van der Waals surface area (Å²) in [6.45, 7) is 22.7. The predicted molar refractivity (Wildman–Crippen MR) is 102 cm³/mol. The van der Waals surface area contributed by atoms with E-state index in [1.165, 1.54) is 0 Å². The Morgan fingerprint density at radius 3 is 1.96 bits per heavy atom. The third-order valence-corrected chi connectivity index (χ3v) is 2.86. The average molecular weight is 316 g/mol. The lowest BCUT2D eigenvalue weighted by Crippen LogP contribution is -2.21. The van der Waals surface area contributed by atoms with E-state index in [-0.39, 0.29) is 11.0 Å². The van der Waals surface area contributed by atoms with Crippen LogP contribution in [0.15, 0.2) is 42.9 Å². The molecule has 0 heterocycles. The molecule has 1 aromatic carbocycles. The van der Waals surface area contributed by atoms with Crippen molar-refractivity contribution in [2.24, 2.45) is 5.41 Å². The first-order chi connectivity index (χ1) is 10.3. The predicted octanol–water partition coefficient (Wildman–Crippen LogP) is 6.06. The van der Waals surface area contributed by atoms with Crippen LogP contribution in [0, 0.1) is 12.3 Å². The average Bonchev–Trinajstić information content (AvgIpc) is 2.20. The van der Waals surface area contributed by atoms with Gasteiger partial charge in [-0.05, 0) is 69.9 Å². The van der Waals surface area contributed by atoms with Gasteiger partial charge in [-0.1, -0.05) is 27.4 Å². The number of hydrogen-bond acceptors (Lipinski definition) is 3. The van der Waals surface area contributed by atoms with E-state index in [1.54, 1.807) is 0 Å². The summed E-state index contributed by atoms with van der Waals surface area (Å²) in [5.74, 6) is 0.544. The van der Waals surface area contributed by atoms with Crippen molar-refractivity contribution in [2.45, 2.75) is 60.5 Å². The van der Waals surface area contributed by atoms with E-state index in [9.17, 15) is 0 Å². The highest BCUT2D eigenvalue weighted by atomic mass is 16.5. The van der Waals surface area contributed by atoms with Crippen molar-refractivity contribution in [1.82, 2.24) is 0 Å². The van der Waals surface area contributed by atoms with Crippen LogP contribution in [0.5, 0.6) is 0 Å². The summed E-state index contributed by atoms with van der Waals surface area (Å²) in [5.41, 5.74) is 4.08. The van der Waals surface area contributed by atoms with E-state index >= 15 is 0 Å². The number of aryl methyl sites for hydroxylation is 1. The van der Waals surface area contributed by atoms with Crippen LogP contribution >= 0.6 is 0 Å². The van der Waals surface area contributed by atoms with Crippen LogP contribution in [-0.4, -0.2) is 5.60 Å². The molecule has 0 unspecified atom stereocenters. The lowest BCUT2D eigenvalue weighted by atomic mass is 9.91. The highest BCUT2D eigenvalue weighted by Gasteiger charge is 2.14. The fourth-order valence-electron chi connectivity index (χ4n) is 2.37. The molecule has 0 aliphatic rings. The Hall–Kier alpha value is -1.90. The molecule has 0 saturated carbocycles. The SMILES string of the molecule is C=C(CC(C)(C)C)Nc1cc(C)cc(NC(=C)OC(C)(C)C)c1. The molecule has 0 aliphatic carbocycles. The minimum absolute atomic E-state index is 0.212. The van der Waals surface area contributed by atoms with Gasteiger partial charge in [-0.3, -0.25) is 0 Å². The summed E-state index contributed by atoms with van der Waals surface area (Å²) in [4.78, 5) is 0. The second-order valence-electron chi connectivity index (χ2n) is 8.32. The molecule has 0 aliphatic heterocycles. The van der Waals surface area contributed by atoms with Crippen LogP contribution in [0.3, 0.4) is 0 Å². The van der Waals surface area contributed by atoms with E-state index < -0.39 is 0 Å². The first-order valence-corrected chi connectivity index (χ1v) is 8.05. The van der Waals surface area contributed by atoms with Crippen LogP contribution in [0.4, 0.5) is 11.4 Å². The summed E-state index contributed by atoms with van der Waals surface area (Å²) in [5, 5.41) is 6.61. The topological polar surface area (TPSA) is 33.3 Å². The van der Waals surface area contributed by atoms with Gasteiger partial charge in [0.25, 0.3) is 0 Å². The second-order valence-corrected chi connectivity index (χ2v) is 8.32. The van der Waals surface area contributed by atoms with E-state index in [4.69, 9.17) is 4.74 Å². The number of allylic oxidation sites excluding steroid dienone is 1. The Morgan fingerprint density at radius 1 is 0.957 bits per heavy atom. The minimum atomic E-state index is -0.268. The van der Waals surface area contributed by atoms with Crippen molar-refractivity contribution in [2.75, 3.05) is 10.6 Å². The second kappa shape index (κ2) is 7.12. The molecule has 1 rings (SSSR count). The maximum atomic E-state index is 5.72. The molecule has 0 fully saturated rings. The Kier molecular flexibility index (Phi) is 5.92. The normalized spacial score (nSPS) is 11.8. The van der Waals surface area contributed by atoms with Gasteiger partial charge in [0.05, 0.1) is 0 Å². The van der Waals surface area contributed by atoms with E-state index in [0.717, 1.165) is 29.1 Å². The Morgan fingerprint density at radius 2 is 1.48 bits per heavy atom. The van der Waals surface area contributed by atoms with Gasteiger partial charge in [0.15, 0.2) is 5.88 Å². The Balaban J connectivity index is 2.79. The molecular formula is C20H32N2O. The number of anilines is 2. The standard InChI is InChI=1S/C20H32N2O/c1-14-10-17(21-15(2)13-19(4,5)6)12-18(11-14)22-16(3)23-20(7,8)9/h10-12,21-22H,2-3,13H2,1,4-9H3. The molecule has 0 saturated heterocycles. The number of rotatable bonds is 6. The Bertz CT molecular complexity index is 526. The molecule has 0 spiro atoms. The quantitative estimate of drug-likeness (QED) is 0.626. The zero-order valence-electron chi connectivity index (χ0n) is 15.8. The lowest BCUT2D eigenvalue weighted by molar-refractivity contribution is 0.0565. The van der Waals surface area contributed by atoms with Crippen molar-refractivity contribution in [3.8, 4) is 0 Å². The van der Waals surface area contributed by atoms with Gasteiger partial charge < -0.3 is 15.4 Å². The molecule has 0 bridgehead atoms. The van der Waals surface area contributed by atoms with Gasteiger partial charge in [-0.2, -0.15) is 0 Å². The highest BCUT2D eigenvalue weighted by molar-refractivity contribution is 5.62. The maximum Gasteiger partial charge on any atom is 0.184 e. The summed E-state index contributed by atoms with van der Waals surface area (Å²) in [7, 11) is 0. The van der Waals surface area contributed by atoms with Crippen molar-refractivity contribution in [1.29, 1.82) is 0 Å². The zero-order chi connectivity index (χ0) is 17.8. The number of ether oxygens (including phenoxy) is 1. The molecule has 0 radical (unpaired) electrons. The highest BCUT2D eigenvalue weighted by Crippen LogP contribution is 2.26. The van der Waals surface area contributed by atoms with E-state index in [0.29, 0.717) is 5.88 Å². The summed E-state index contributed by atoms with van der Waals surface area (Å²) in [6, 6.07) is 6.21. The van der Waals surface area contributed by atoms with Crippen molar-refractivity contribution >= 4 is 11.4 Å². The van der Waals surface area contributed by atoms with E-state index in [1.807, 2.05) is 26.8 Å². The number of benzene rings is 1. The van der Waals surface area contributed by atoms with Crippen LogP contribution in [-0.2, 0) is 4.74 Å². The fourth-order valence-corrected chi connectivity index (χ4v) is 2.37. The van der Waals surface area contributed by atoms with Crippen LogP contribution in [0.25, 0.3) is 0 Å². The van der Waals surface area contributed by atoms with Gasteiger partial charge >= 0.3 is 0 Å². The lowest BCUT2D eigenvalue weighted by Gasteiger charge is -2.24. The van der Waals surface area contributed by atoms with Crippen molar-refractivity contribution < 1.29 is 4.74 Å². The molecule has 128 valence electrons. The summed E-state index contributed by atoms with van der Waals surface area (Å²) < 4.78 is 5.72. The maximum absolute atomic E-state index is 5.72. The largest absolute Gasteiger partial charge is 0.474 e. The smallest absolute Gasteiger partial charge is 0.184 e. The van der Waals surface area contributed by atoms with Crippen LogP contribution in [0.2, 0.25) is 0 Å². The van der Waals surface area contributed by atoms with Crippen LogP contribution < -0.4 is 10.6 Å². The fraction of sp³-hybridized carbons (Fsp3) is 0.500. The van der Waals surface area contributed by atoms with Gasteiger partial charge in [0, 0.05) is 17.1 Å². The molecule has 2 N–H and O–H groups in total. The van der Waals surface area contributed by atoms with Gasteiger partial charge in [-0.15, -0.1) is 0 Å². The van der Waals surface area contributed by atoms with Gasteiger partial charge in [0.2, 0.25) is 0 Å². The number of nitrogens with one attached hydrogen (secondary N) is 2. The molecular weight excluding hydrogens is 284 g/mol. The van der Waals surface area contributed by atoms with E-state index in [2.05, 4.69) is 63.6 Å². The molecule has 23 heavy (non-hydrogen) atoms. The first-order valence-electron chi connectivity index (χ1n) is 8.05. The molecule has 0 aromatic heterocycles. The van der Waals surface area contributed by atoms with Gasteiger partial charge in [-0.25, -0.2) is 0 Å². The molecule has 0 atom stereocenters. The van der Waals surface area contributed by atoms with Gasteiger partial charge in [0.1, 0.15) is 5.60 Å².